The maximum atomic E-state index is 6.07. The van der Waals surface area contributed by atoms with E-state index in [9.17, 15) is 0 Å². The van der Waals surface area contributed by atoms with Gasteiger partial charge in [-0.3, -0.25) is 0 Å². The monoisotopic (exact) mass is 255 g/mol. The van der Waals surface area contributed by atoms with Crippen LogP contribution in [0.15, 0.2) is 12.1 Å². The summed E-state index contributed by atoms with van der Waals surface area (Å²) in [6, 6.07) is 3.74. The van der Waals surface area contributed by atoms with Crippen molar-refractivity contribution in [2.24, 2.45) is 5.73 Å². The molecule has 1 aliphatic rings. The summed E-state index contributed by atoms with van der Waals surface area (Å²) in [6.45, 7) is 0.664. The lowest BCUT2D eigenvalue weighted by Gasteiger charge is -2.15. The Morgan fingerprint density at radius 1 is 1.41 bits per heavy atom. The molecule has 0 unspecified atom stereocenters. The van der Waals surface area contributed by atoms with Gasteiger partial charge in [0.15, 0.2) is 11.5 Å². The van der Waals surface area contributed by atoms with Gasteiger partial charge in [-0.1, -0.05) is 11.6 Å². The van der Waals surface area contributed by atoms with Crippen molar-refractivity contribution in [3.63, 3.8) is 0 Å². The van der Waals surface area contributed by atoms with Crippen LogP contribution >= 0.6 is 11.6 Å². The van der Waals surface area contributed by atoms with Crippen LogP contribution in [-0.2, 0) is 6.42 Å². The van der Waals surface area contributed by atoms with Crippen LogP contribution in [0.2, 0.25) is 5.02 Å². The van der Waals surface area contributed by atoms with Crippen molar-refractivity contribution in [2.75, 3.05) is 13.7 Å². The highest BCUT2D eigenvalue weighted by Crippen LogP contribution is 2.39. The molecule has 0 amide bonds. The molecule has 94 valence electrons. The molecule has 0 aromatic heterocycles. The van der Waals surface area contributed by atoms with Crippen molar-refractivity contribution in [3.8, 4) is 11.5 Å². The molecular weight excluding hydrogens is 238 g/mol. The third-order valence-corrected chi connectivity index (χ3v) is 2.99. The first-order valence-electron chi connectivity index (χ1n) is 5.97. The Morgan fingerprint density at radius 3 is 2.76 bits per heavy atom. The molecule has 1 aromatic rings. The van der Waals surface area contributed by atoms with Crippen LogP contribution in [0.4, 0.5) is 0 Å². The second-order valence-corrected chi connectivity index (χ2v) is 4.74. The normalized spacial score (nSPS) is 14.8. The first kappa shape index (κ1) is 12.5. The van der Waals surface area contributed by atoms with Gasteiger partial charge in [-0.25, -0.2) is 0 Å². The zero-order valence-electron chi connectivity index (χ0n) is 10.0. The second-order valence-electron chi connectivity index (χ2n) is 4.31. The smallest absolute Gasteiger partial charge is 0.164 e. The van der Waals surface area contributed by atoms with Gasteiger partial charge in [0.25, 0.3) is 0 Å². The molecule has 0 spiro atoms. The van der Waals surface area contributed by atoms with E-state index in [0.717, 1.165) is 42.7 Å². The minimum absolute atomic E-state index is 0.349. The summed E-state index contributed by atoms with van der Waals surface area (Å²) in [5, 5.41) is 0.678. The minimum atomic E-state index is 0.349. The second kappa shape index (κ2) is 5.61. The molecule has 0 bridgehead atoms. The van der Waals surface area contributed by atoms with Crippen LogP contribution in [0.5, 0.6) is 11.5 Å². The maximum absolute atomic E-state index is 6.07. The van der Waals surface area contributed by atoms with Crippen molar-refractivity contribution in [1.82, 2.24) is 0 Å². The van der Waals surface area contributed by atoms with Gasteiger partial charge < -0.3 is 15.2 Å². The summed E-state index contributed by atoms with van der Waals surface area (Å²) < 4.78 is 11.2. The maximum Gasteiger partial charge on any atom is 0.164 e. The molecule has 0 saturated heterocycles. The fraction of sp³-hybridized carbons (Fsp3) is 0.538. The molecule has 17 heavy (non-hydrogen) atoms. The Kier molecular flexibility index (Phi) is 4.13. The fourth-order valence-corrected chi connectivity index (χ4v) is 1.97. The number of aryl methyl sites for hydroxylation is 1. The van der Waals surface area contributed by atoms with Crippen molar-refractivity contribution >= 4 is 11.6 Å². The van der Waals surface area contributed by atoms with Gasteiger partial charge >= 0.3 is 0 Å². The SMILES string of the molecule is COc1cc(Cl)cc(CCCN)c1OC1CC1. The Balaban J connectivity index is 2.26. The van der Waals surface area contributed by atoms with E-state index in [0.29, 0.717) is 17.7 Å². The van der Waals surface area contributed by atoms with Gasteiger partial charge in [0.2, 0.25) is 0 Å². The first-order valence-corrected chi connectivity index (χ1v) is 6.35. The molecule has 1 aromatic carbocycles. The van der Waals surface area contributed by atoms with E-state index in [2.05, 4.69) is 0 Å². The van der Waals surface area contributed by atoms with E-state index in [1.165, 1.54) is 0 Å². The minimum Gasteiger partial charge on any atom is -0.493 e. The summed E-state index contributed by atoms with van der Waals surface area (Å²) >= 11 is 6.07. The van der Waals surface area contributed by atoms with Crippen LogP contribution in [0, 0.1) is 0 Å². The number of benzene rings is 1. The van der Waals surface area contributed by atoms with Gasteiger partial charge in [0.1, 0.15) is 0 Å². The van der Waals surface area contributed by atoms with E-state index < -0.39 is 0 Å². The fourth-order valence-electron chi connectivity index (χ4n) is 1.74. The summed E-state index contributed by atoms with van der Waals surface area (Å²) in [7, 11) is 1.64. The summed E-state index contributed by atoms with van der Waals surface area (Å²) in [5.74, 6) is 1.56. The van der Waals surface area contributed by atoms with Gasteiger partial charge in [0, 0.05) is 11.1 Å². The molecule has 2 N–H and O–H groups in total. The average molecular weight is 256 g/mol. The van der Waals surface area contributed by atoms with Crippen LogP contribution in [-0.4, -0.2) is 19.8 Å². The Labute approximate surface area is 107 Å². The van der Waals surface area contributed by atoms with Crippen LogP contribution in [0.3, 0.4) is 0 Å². The molecule has 1 fully saturated rings. The topological polar surface area (TPSA) is 44.5 Å². The summed E-state index contributed by atoms with van der Waals surface area (Å²) in [6.07, 6.45) is 4.39. The molecule has 1 aliphatic carbocycles. The summed E-state index contributed by atoms with van der Waals surface area (Å²) in [5.41, 5.74) is 6.63. The zero-order chi connectivity index (χ0) is 12.3. The van der Waals surface area contributed by atoms with Gasteiger partial charge in [-0.2, -0.15) is 0 Å². The van der Waals surface area contributed by atoms with Gasteiger partial charge in [-0.05, 0) is 43.9 Å². The molecule has 0 atom stereocenters. The van der Waals surface area contributed by atoms with E-state index in [-0.39, 0.29) is 0 Å². The van der Waals surface area contributed by atoms with Crippen molar-refractivity contribution in [1.29, 1.82) is 0 Å². The Morgan fingerprint density at radius 2 is 2.18 bits per heavy atom. The van der Waals surface area contributed by atoms with E-state index in [4.69, 9.17) is 26.8 Å². The van der Waals surface area contributed by atoms with Crippen molar-refractivity contribution in [2.45, 2.75) is 31.8 Å². The third kappa shape index (κ3) is 3.27. The van der Waals surface area contributed by atoms with Crippen LogP contribution in [0.25, 0.3) is 0 Å². The number of halogens is 1. The Hall–Kier alpha value is -0.930. The highest BCUT2D eigenvalue weighted by Gasteiger charge is 2.26. The zero-order valence-corrected chi connectivity index (χ0v) is 10.8. The quantitative estimate of drug-likeness (QED) is 0.850. The molecule has 3 nitrogen and oxygen atoms in total. The third-order valence-electron chi connectivity index (χ3n) is 2.78. The predicted molar refractivity (Wildman–Crippen MR) is 69.0 cm³/mol. The number of rotatable bonds is 6. The van der Waals surface area contributed by atoms with Gasteiger partial charge in [0.05, 0.1) is 13.2 Å². The molecule has 0 heterocycles. The van der Waals surface area contributed by atoms with E-state index in [1.54, 1.807) is 13.2 Å². The number of hydrogen-bond donors (Lipinski definition) is 1. The standard InChI is InChI=1S/C13H18ClNO2/c1-16-12-8-10(14)7-9(3-2-6-15)13(12)17-11-4-5-11/h7-8,11H,2-6,15H2,1H3. The number of hydrogen-bond acceptors (Lipinski definition) is 3. The lowest BCUT2D eigenvalue weighted by atomic mass is 10.1. The lowest BCUT2D eigenvalue weighted by Crippen LogP contribution is -2.05. The highest BCUT2D eigenvalue weighted by atomic mass is 35.5. The molecule has 4 heteroatoms. The molecule has 0 radical (unpaired) electrons. The van der Waals surface area contributed by atoms with Crippen molar-refractivity contribution < 1.29 is 9.47 Å². The van der Waals surface area contributed by atoms with E-state index >= 15 is 0 Å². The molecule has 1 saturated carbocycles. The predicted octanol–water partition coefficient (Wildman–Crippen LogP) is 2.78. The van der Waals surface area contributed by atoms with Gasteiger partial charge in [-0.15, -0.1) is 0 Å². The number of ether oxygens (including phenoxy) is 2. The highest BCUT2D eigenvalue weighted by molar-refractivity contribution is 6.30. The number of methoxy groups -OCH3 is 1. The van der Waals surface area contributed by atoms with Crippen LogP contribution in [0.1, 0.15) is 24.8 Å². The van der Waals surface area contributed by atoms with E-state index in [1.807, 2.05) is 6.07 Å². The Bertz CT molecular complexity index is 391. The largest absolute Gasteiger partial charge is 0.493 e. The molecular formula is C13H18ClNO2. The number of nitrogens with two attached hydrogens (primary N) is 1. The average Bonchev–Trinajstić information content (AvgIpc) is 3.12. The summed E-state index contributed by atoms with van der Waals surface area (Å²) in [4.78, 5) is 0. The molecule has 2 rings (SSSR count). The lowest BCUT2D eigenvalue weighted by molar-refractivity contribution is 0.279. The first-order chi connectivity index (χ1) is 8.24. The van der Waals surface area contributed by atoms with Crippen molar-refractivity contribution in [3.05, 3.63) is 22.7 Å². The molecule has 0 aliphatic heterocycles. The van der Waals surface area contributed by atoms with Crippen LogP contribution < -0.4 is 15.2 Å².